The summed E-state index contributed by atoms with van der Waals surface area (Å²) in [5.41, 5.74) is 3.35. The second-order valence-electron chi connectivity index (χ2n) is 4.49. The number of aliphatic hydroxyl groups excluding tert-OH is 1. The maximum Gasteiger partial charge on any atom is 0.0883 e. The lowest BCUT2D eigenvalue weighted by molar-refractivity contribution is 0.0868. The molecule has 2 atom stereocenters. The number of hydrogen-bond acceptors (Lipinski definition) is 1. The summed E-state index contributed by atoms with van der Waals surface area (Å²) in [6.45, 7) is 7.92. The van der Waals surface area contributed by atoms with Crippen molar-refractivity contribution in [3.05, 3.63) is 47.5 Å². The summed E-state index contributed by atoms with van der Waals surface area (Å²) >= 11 is 0. The first kappa shape index (κ1) is 9.47. The van der Waals surface area contributed by atoms with E-state index in [0.717, 1.165) is 12.0 Å². The molecule has 0 spiro atoms. The van der Waals surface area contributed by atoms with Crippen LogP contribution >= 0.6 is 0 Å². The second-order valence-corrected chi connectivity index (χ2v) is 4.49. The lowest BCUT2D eigenvalue weighted by atomic mass is 9.85. The van der Waals surface area contributed by atoms with Crippen molar-refractivity contribution in [2.45, 2.75) is 26.4 Å². The number of aliphatic hydroxyl groups is 1. The molecule has 0 saturated heterocycles. The summed E-state index contributed by atoms with van der Waals surface area (Å²) in [4.78, 5) is 0. The maximum absolute atomic E-state index is 10.2. The minimum absolute atomic E-state index is 0.184. The van der Waals surface area contributed by atoms with Crippen LogP contribution in [-0.2, 0) is 6.42 Å². The van der Waals surface area contributed by atoms with Crippen molar-refractivity contribution in [2.75, 3.05) is 0 Å². The van der Waals surface area contributed by atoms with Gasteiger partial charge in [-0.05, 0) is 24.5 Å². The Bertz CT molecular complexity index is 381. The van der Waals surface area contributed by atoms with Crippen LogP contribution in [0.1, 0.15) is 29.7 Å². The summed E-state index contributed by atoms with van der Waals surface area (Å²) in [6, 6.07) is 6.29. The molecule has 2 rings (SSSR count). The Morgan fingerprint density at radius 2 is 2.29 bits per heavy atom. The van der Waals surface area contributed by atoms with E-state index in [1.165, 1.54) is 11.1 Å². The normalized spacial score (nSPS) is 30.1. The first-order valence-corrected chi connectivity index (χ1v) is 4.98. The summed E-state index contributed by atoms with van der Waals surface area (Å²) in [7, 11) is 0. The van der Waals surface area contributed by atoms with Gasteiger partial charge in [0, 0.05) is 5.41 Å². The SMILES string of the molecule is C=CC1(C)Cc2ccc(C)cc2C1O. The third-order valence-electron chi connectivity index (χ3n) is 3.26. The zero-order chi connectivity index (χ0) is 10.3. The highest BCUT2D eigenvalue weighted by atomic mass is 16.3. The van der Waals surface area contributed by atoms with Crippen molar-refractivity contribution in [1.29, 1.82) is 0 Å². The molecule has 0 bridgehead atoms. The molecule has 1 nitrogen and oxygen atoms in total. The zero-order valence-electron chi connectivity index (χ0n) is 8.75. The van der Waals surface area contributed by atoms with Crippen molar-refractivity contribution in [3.63, 3.8) is 0 Å². The van der Waals surface area contributed by atoms with Gasteiger partial charge in [-0.15, -0.1) is 6.58 Å². The molecule has 0 aliphatic heterocycles. The van der Waals surface area contributed by atoms with Crippen LogP contribution in [0.5, 0.6) is 0 Å². The van der Waals surface area contributed by atoms with Gasteiger partial charge in [-0.1, -0.05) is 36.8 Å². The molecule has 14 heavy (non-hydrogen) atoms. The van der Waals surface area contributed by atoms with Gasteiger partial charge in [0.05, 0.1) is 6.10 Å². The van der Waals surface area contributed by atoms with Crippen LogP contribution < -0.4 is 0 Å². The third-order valence-corrected chi connectivity index (χ3v) is 3.26. The average molecular weight is 188 g/mol. The Morgan fingerprint density at radius 1 is 1.57 bits per heavy atom. The molecule has 1 aromatic rings. The fourth-order valence-electron chi connectivity index (χ4n) is 2.18. The standard InChI is InChI=1S/C13H16O/c1-4-13(3)8-10-6-5-9(2)7-11(10)12(13)14/h4-7,12,14H,1,8H2,2-3H3. The van der Waals surface area contributed by atoms with E-state index in [-0.39, 0.29) is 5.41 Å². The van der Waals surface area contributed by atoms with Gasteiger partial charge in [0.1, 0.15) is 0 Å². The van der Waals surface area contributed by atoms with Crippen LogP contribution in [0, 0.1) is 12.3 Å². The van der Waals surface area contributed by atoms with Crippen molar-refractivity contribution in [1.82, 2.24) is 0 Å². The molecule has 74 valence electrons. The average Bonchev–Trinajstić information content (AvgIpc) is 2.42. The minimum Gasteiger partial charge on any atom is -0.387 e. The van der Waals surface area contributed by atoms with Crippen LogP contribution in [0.15, 0.2) is 30.9 Å². The molecular weight excluding hydrogens is 172 g/mol. The number of benzene rings is 1. The largest absolute Gasteiger partial charge is 0.387 e. The van der Waals surface area contributed by atoms with Gasteiger partial charge in [-0.25, -0.2) is 0 Å². The van der Waals surface area contributed by atoms with E-state index in [1.807, 2.05) is 6.08 Å². The minimum atomic E-state index is -0.394. The first-order valence-electron chi connectivity index (χ1n) is 4.98. The van der Waals surface area contributed by atoms with Crippen molar-refractivity contribution < 1.29 is 5.11 Å². The van der Waals surface area contributed by atoms with Gasteiger partial charge < -0.3 is 5.11 Å². The number of rotatable bonds is 1. The van der Waals surface area contributed by atoms with E-state index in [2.05, 4.69) is 38.6 Å². The van der Waals surface area contributed by atoms with Gasteiger partial charge >= 0.3 is 0 Å². The quantitative estimate of drug-likeness (QED) is 0.672. The van der Waals surface area contributed by atoms with Gasteiger partial charge in [0.15, 0.2) is 0 Å². The Hall–Kier alpha value is -1.08. The fourth-order valence-corrected chi connectivity index (χ4v) is 2.18. The van der Waals surface area contributed by atoms with E-state index in [1.54, 1.807) is 0 Å². The van der Waals surface area contributed by atoms with E-state index in [4.69, 9.17) is 0 Å². The molecule has 0 heterocycles. The predicted octanol–water partition coefficient (Wildman–Crippen LogP) is 2.78. The number of aryl methyl sites for hydroxylation is 1. The Balaban J connectivity index is 2.51. The molecule has 1 heteroatoms. The van der Waals surface area contributed by atoms with Crippen molar-refractivity contribution >= 4 is 0 Å². The van der Waals surface area contributed by atoms with Gasteiger partial charge in [-0.3, -0.25) is 0 Å². The molecule has 1 N–H and O–H groups in total. The molecule has 0 aromatic heterocycles. The maximum atomic E-state index is 10.2. The monoisotopic (exact) mass is 188 g/mol. The first-order chi connectivity index (χ1) is 6.57. The smallest absolute Gasteiger partial charge is 0.0883 e. The Morgan fingerprint density at radius 3 is 2.93 bits per heavy atom. The van der Waals surface area contributed by atoms with Crippen molar-refractivity contribution in [2.24, 2.45) is 5.41 Å². The molecule has 1 aliphatic carbocycles. The summed E-state index contributed by atoms with van der Waals surface area (Å²) in [5, 5.41) is 10.2. The van der Waals surface area contributed by atoms with Crippen LogP contribution in [-0.4, -0.2) is 5.11 Å². The van der Waals surface area contributed by atoms with Crippen molar-refractivity contribution in [3.8, 4) is 0 Å². The van der Waals surface area contributed by atoms with Gasteiger partial charge in [0.2, 0.25) is 0 Å². The number of fused-ring (bicyclic) bond motifs is 1. The van der Waals surface area contributed by atoms with Gasteiger partial charge in [-0.2, -0.15) is 0 Å². The fraction of sp³-hybridized carbons (Fsp3) is 0.385. The highest BCUT2D eigenvalue weighted by molar-refractivity contribution is 5.40. The Labute approximate surface area is 85.1 Å². The molecule has 1 aromatic carbocycles. The van der Waals surface area contributed by atoms with E-state index in [9.17, 15) is 5.11 Å². The van der Waals surface area contributed by atoms with Crippen LogP contribution in [0.3, 0.4) is 0 Å². The van der Waals surface area contributed by atoms with Gasteiger partial charge in [0.25, 0.3) is 0 Å². The zero-order valence-corrected chi connectivity index (χ0v) is 8.75. The lowest BCUT2D eigenvalue weighted by Gasteiger charge is -2.23. The van der Waals surface area contributed by atoms with E-state index in [0.29, 0.717) is 0 Å². The molecule has 1 aliphatic rings. The van der Waals surface area contributed by atoms with Crippen LogP contribution in [0.4, 0.5) is 0 Å². The summed E-state index contributed by atoms with van der Waals surface area (Å²) in [5.74, 6) is 0. The topological polar surface area (TPSA) is 20.2 Å². The van der Waals surface area contributed by atoms with E-state index < -0.39 is 6.10 Å². The summed E-state index contributed by atoms with van der Waals surface area (Å²) < 4.78 is 0. The molecule has 0 fully saturated rings. The van der Waals surface area contributed by atoms with Crippen LogP contribution in [0.25, 0.3) is 0 Å². The molecule has 0 radical (unpaired) electrons. The lowest BCUT2D eigenvalue weighted by Crippen LogP contribution is -2.18. The second kappa shape index (κ2) is 2.96. The molecule has 0 amide bonds. The molecule has 0 saturated carbocycles. The van der Waals surface area contributed by atoms with E-state index >= 15 is 0 Å². The summed E-state index contributed by atoms with van der Waals surface area (Å²) in [6.07, 6.45) is 2.37. The third kappa shape index (κ3) is 1.20. The van der Waals surface area contributed by atoms with Crippen LogP contribution in [0.2, 0.25) is 0 Å². The molecular formula is C13H16O. The number of hydrogen-bond donors (Lipinski definition) is 1. The Kier molecular flexibility index (Phi) is 2.00. The predicted molar refractivity (Wildman–Crippen MR) is 58.1 cm³/mol. The molecule has 2 unspecified atom stereocenters. The highest BCUT2D eigenvalue weighted by Gasteiger charge is 2.38. The highest BCUT2D eigenvalue weighted by Crippen LogP contribution is 2.46.